The van der Waals surface area contributed by atoms with Gasteiger partial charge in [0.2, 0.25) is 5.88 Å². The highest BCUT2D eigenvalue weighted by atomic mass is 79.9. The van der Waals surface area contributed by atoms with Gasteiger partial charge in [-0.25, -0.2) is 4.98 Å². The maximum atomic E-state index is 10.8. The van der Waals surface area contributed by atoms with E-state index in [1.165, 1.54) is 12.1 Å². The van der Waals surface area contributed by atoms with Crippen molar-refractivity contribution >= 4 is 21.6 Å². The second-order valence-electron chi connectivity index (χ2n) is 3.92. The maximum Gasteiger partial charge on any atom is 0.274 e. The van der Waals surface area contributed by atoms with Gasteiger partial charge >= 0.3 is 0 Å². The Bertz CT molecular complexity index is 725. The Labute approximate surface area is 122 Å². The summed E-state index contributed by atoms with van der Waals surface area (Å²) in [5.74, 6) is 0.362. The minimum Gasteiger partial charge on any atom is -0.437 e. The zero-order valence-electron chi connectivity index (χ0n) is 10.3. The van der Waals surface area contributed by atoms with Crippen molar-refractivity contribution in [2.45, 2.75) is 6.92 Å². The van der Waals surface area contributed by atoms with Crippen molar-refractivity contribution in [3.05, 3.63) is 56.2 Å². The average molecular weight is 334 g/mol. The zero-order chi connectivity index (χ0) is 14.7. The van der Waals surface area contributed by atoms with Gasteiger partial charge in [-0.3, -0.25) is 10.1 Å². The van der Waals surface area contributed by atoms with E-state index in [1.807, 2.05) is 6.07 Å². The number of ether oxygens (including phenoxy) is 1. The van der Waals surface area contributed by atoms with Crippen molar-refractivity contribution in [3.63, 3.8) is 0 Å². The number of aromatic nitrogens is 1. The summed E-state index contributed by atoms with van der Waals surface area (Å²) in [5.41, 5.74) is 0.835. The molecule has 7 heteroatoms. The fourth-order valence-electron chi connectivity index (χ4n) is 1.52. The number of pyridine rings is 1. The molecule has 20 heavy (non-hydrogen) atoms. The highest BCUT2D eigenvalue weighted by molar-refractivity contribution is 9.10. The zero-order valence-corrected chi connectivity index (χ0v) is 11.9. The molecule has 0 radical (unpaired) electrons. The molecule has 2 aromatic rings. The number of benzene rings is 1. The first-order valence-electron chi connectivity index (χ1n) is 5.50. The third kappa shape index (κ3) is 3.10. The van der Waals surface area contributed by atoms with Crippen LogP contribution in [0.2, 0.25) is 0 Å². The molecule has 0 saturated carbocycles. The van der Waals surface area contributed by atoms with Gasteiger partial charge in [0.15, 0.2) is 0 Å². The van der Waals surface area contributed by atoms with E-state index in [0.29, 0.717) is 10.2 Å². The molecule has 1 aromatic carbocycles. The van der Waals surface area contributed by atoms with E-state index in [0.717, 1.165) is 0 Å². The second-order valence-corrected chi connectivity index (χ2v) is 4.84. The van der Waals surface area contributed by atoms with E-state index in [2.05, 4.69) is 20.9 Å². The van der Waals surface area contributed by atoms with Crippen LogP contribution < -0.4 is 4.74 Å². The van der Waals surface area contributed by atoms with E-state index in [-0.39, 0.29) is 22.9 Å². The Morgan fingerprint density at radius 1 is 1.40 bits per heavy atom. The molecule has 0 fully saturated rings. The van der Waals surface area contributed by atoms with Crippen LogP contribution in [0.3, 0.4) is 0 Å². The number of aryl methyl sites for hydroxylation is 1. The van der Waals surface area contributed by atoms with Crippen molar-refractivity contribution in [1.82, 2.24) is 4.98 Å². The largest absolute Gasteiger partial charge is 0.437 e. The standard InChI is InChI=1S/C13H8BrN3O3/c1-8-2-3-9(7-15)13(16-8)20-12-5-10(14)4-11(6-12)17(18)19/h2-6H,1H3. The lowest BCUT2D eigenvalue weighted by Gasteiger charge is -2.07. The molecular formula is C13H8BrN3O3. The first kappa shape index (κ1) is 14.0. The number of nitriles is 1. The number of hydrogen-bond donors (Lipinski definition) is 0. The van der Waals surface area contributed by atoms with Gasteiger partial charge in [0.25, 0.3) is 5.69 Å². The Kier molecular flexibility index (Phi) is 3.96. The third-order valence-corrected chi connectivity index (χ3v) is 2.86. The van der Waals surface area contributed by atoms with E-state index in [1.54, 1.807) is 25.1 Å². The first-order chi connectivity index (χ1) is 9.49. The Balaban J connectivity index is 2.42. The fraction of sp³-hybridized carbons (Fsp3) is 0.0769. The number of nitrogens with zero attached hydrogens (tertiary/aromatic N) is 3. The quantitative estimate of drug-likeness (QED) is 0.630. The van der Waals surface area contributed by atoms with Crippen molar-refractivity contribution in [1.29, 1.82) is 5.26 Å². The Morgan fingerprint density at radius 2 is 2.15 bits per heavy atom. The predicted molar refractivity (Wildman–Crippen MR) is 74.6 cm³/mol. The topological polar surface area (TPSA) is 89.0 Å². The molecule has 0 bridgehead atoms. The van der Waals surface area contributed by atoms with Crippen LogP contribution in [0.5, 0.6) is 11.6 Å². The van der Waals surface area contributed by atoms with Crippen LogP contribution in [0.1, 0.15) is 11.3 Å². The molecule has 0 aliphatic carbocycles. The molecule has 0 spiro atoms. The Morgan fingerprint density at radius 3 is 2.80 bits per heavy atom. The predicted octanol–water partition coefficient (Wildman–Crippen LogP) is 3.72. The number of rotatable bonds is 3. The van der Waals surface area contributed by atoms with Crippen molar-refractivity contribution in [2.75, 3.05) is 0 Å². The molecule has 0 N–H and O–H groups in total. The molecule has 6 nitrogen and oxygen atoms in total. The first-order valence-corrected chi connectivity index (χ1v) is 6.29. The summed E-state index contributed by atoms with van der Waals surface area (Å²) in [4.78, 5) is 14.4. The van der Waals surface area contributed by atoms with Gasteiger partial charge in [0.1, 0.15) is 17.4 Å². The average Bonchev–Trinajstić information content (AvgIpc) is 2.38. The number of hydrogen-bond acceptors (Lipinski definition) is 5. The summed E-state index contributed by atoms with van der Waals surface area (Å²) in [6.07, 6.45) is 0. The summed E-state index contributed by atoms with van der Waals surface area (Å²) in [5, 5.41) is 19.8. The molecule has 0 unspecified atom stereocenters. The van der Waals surface area contributed by atoms with Gasteiger partial charge < -0.3 is 4.74 Å². The van der Waals surface area contributed by atoms with Crippen molar-refractivity contribution in [2.24, 2.45) is 0 Å². The molecule has 0 aliphatic heterocycles. The van der Waals surface area contributed by atoms with Crippen LogP contribution in [-0.4, -0.2) is 9.91 Å². The molecule has 0 amide bonds. The molecule has 1 heterocycles. The second kappa shape index (κ2) is 5.67. The van der Waals surface area contributed by atoms with Crippen LogP contribution in [0.15, 0.2) is 34.8 Å². The van der Waals surface area contributed by atoms with E-state index >= 15 is 0 Å². The highest BCUT2D eigenvalue weighted by Gasteiger charge is 2.12. The van der Waals surface area contributed by atoms with Crippen LogP contribution in [0, 0.1) is 28.4 Å². The number of nitro groups is 1. The van der Waals surface area contributed by atoms with Crippen LogP contribution in [-0.2, 0) is 0 Å². The minimum absolute atomic E-state index is 0.111. The third-order valence-electron chi connectivity index (χ3n) is 2.40. The van der Waals surface area contributed by atoms with Crippen molar-refractivity contribution < 1.29 is 9.66 Å². The lowest BCUT2D eigenvalue weighted by Crippen LogP contribution is -1.95. The van der Waals surface area contributed by atoms with Gasteiger partial charge in [-0.1, -0.05) is 15.9 Å². The van der Waals surface area contributed by atoms with Gasteiger partial charge in [-0.2, -0.15) is 5.26 Å². The molecule has 2 rings (SSSR count). The van der Waals surface area contributed by atoms with Crippen molar-refractivity contribution in [3.8, 4) is 17.7 Å². The van der Waals surface area contributed by atoms with E-state index < -0.39 is 4.92 Å². The smallest absolute Gasteiger partial charge is 0.274 e. The molecule has 1 aromatic heterocycles. The van der Waals surface area contributed by atoms with Crippen LogP contribution in [0.4, 0.5) is 5.69 Å². The van der Waals surface area contributed by atoms with Gasteiger partial charge in [-0.05, 0) is 25.1 Å². The monoisotopic (exact) mass is 333 g/mol. The summed E-state index contributed by atoms with van der Waals surface area (Å²) in [7, 11) is 0. The molecular weight excluding hydrogens is 326 g/mol. The number of halogens is 1. The molecule has 100 valence electrons. The minimum atomic E-state index is -0.521. The van der Waals surface area contributed by atoms with Crippen LogP contribution in [0.25, 0.3) is 0 Å². The fourth-order valence-corrected chi connectivity index (χ4v) is 1.98. The number of non-ortho nitro benzene ring substituents is 1. The van der Waals surface area contributed by atoms with E-state index in [9.17, 15) is 10.1 Å². The highest BCUT2D eigenvalue weighted by Crippen LogP contribution is 2.30. The molecule has 0 saturated heterocycles. The van der Waals surface area contributed by atoms with Crippen LogP contribution >= 0.6 is 15.9 Å². The van der Waals surface area contributed by atoms with E-state index in [4.69, 9.17) is 10.00 Å². The SMILES string of the molecule is Cc1ccc(C#N)c(Oc2cc(Br)cc([N+](=O)[O-])c2)n1. The summed E-state index contributed by atoms with van der Waals surface area (Å²) >= 11 is 3.17. The number of nitro benzene ring substituents is 1. The molecule has 0 aliphatic rings. The van der Waals surface area contributed by atoms with Gasteiger partial charge in [0.05, 0.1) is 11.0 Å². The van der Waals surface area contributed by atoms with Gasteiger partial charge in [-0.15, -0.1) is 0 Å². The Hall–Kier alpha value is -2.46. The van der Waals surface area contributed by atoms with Gasteiger partial charge in [0, 0.05) is 16.2 Å². The summed E-state index contributed by atoms with van der Waals surface area (Å²) < 4.78 is 5.99. The maximum absolute atomic E-state index is 10.8. The lowest BCUT2D eigenvalue weighted by atomic mass is 10.2. The lowest BCUT2D eigenvalue weighted by molar-refractivity contribution is -0.385. The summed E-state index contributed by atoms with van der Waals surface area (Å²) in [6.45, 7) is 1.76. The molecule has 0 atom stereocenters. The normalized spacial score (nSPS) is 9.85. The summed E-state index contributed by atoms with van der Waals surface area (Å²) in [6, 6.07) is 9.44.